The largest absolute Gasteiger partial charge is 0.573 e. The SMILES string of the molecule is CCCCCCCCOC(=O)C=Cc1ccc(OC(=O)c2ccc(OC(F)(F)F)cc2)cc1. The fourth-order valence-corrected chi connectivity index (χ4v) is 2.87. The first-order valence-electron chi connectivity index (χ1n) is 10.8. The maximum Gasteiger partial charge on any atom is 0.573 e. The van der Waals surface area contributed by atoms with Gasteiger partial charge in [-0.05, 0) is 54.5 Å². The minimum Gasteiger partial charge on any atom is -0.463 e. The van der Waals surface area contributed by atoms with Crippen LogP contribution in [0.25, 0.3) is 6.08 Å². The first kappa shape index (κ1) is 26.0. The van der Waals surface area contributed by atoms with Gasteiger partial charge in [-0.3, -0.25) is 0 Å². The van der Waals surface area contributed by atoms with E-state index in [4.69, 9.17) is 9.47 Å². The van der Waals surface area contributed by atoms with Crippen molar-refractivity contribution in [3.05, 3.63) is 65.7 Å². The molecule has 0 aliphatic rings. The molecule has 8 heteroatoms. The van der Waals surface area contributed by atoms with Gasteiger partial charge < -0.3 is 14.2 Å². The summed E-state index contributed by atoms with van der Waals surface area (Å²) in [5.74, 6) is -1.33. The molecule has 0 aliphatic heterocycles. The van der Waals surface area contributed by atoms with Crippen molar-refractivity contribution in [1.29, 1.82) is 0 Å². The molecule has 0 radical (unpaired) electrons. The van der Waals surface area contributed by atoms with Crippen LogP contribution in [0.4, 0.5) is 13.2 Å². The van der Waals surface area contributed by atoms with Crippen LogP contribution in [0, 0.1) is 0 Å². The number of esters is 2. The van der Waals surface area contributed by atoms with Gasteiger partial charge in [0.2, 0.25) is 0 Å². The minimum atomic E-state index is -4.80. The molecule has 2 aromatic rings. The van der Waals surface area contributed by atoms with Crippen LogP contribution < -0.4 is 9.47 Å². The van der Waals surface area contributed by atoms with Crippen LogP contribution in [0.5, 0.6) is 11.5 Å². The Morgan fingerprint density at radius 2 is 1.45 bits per heavy atom. The van der Waals surface area contributed by atoms with Gasteiger partial charge in [0.25, 0.3) is 0 Å². The van der Waals surface area contributed by atoms with Gasteiger partial charge in [-0.1, -0.05) is 51.2 Å². The Morgan fingerprint density at radius 3 is 2.09 bits per heavy atom. The normalized spacial score (nSPS) is 11.4. The Kier molecular flexibility index (Phi) is 10.5. The molecule has 2 rings (SSSR count). The van der Waals surface area contributed by atoms with Crippen molar-refractivity contribution in [3.8, 4) is 11.5 Å². The molecular weight excluding hydrogens is 437 g/mol. The van der Waals surface area contributed by atoms with E-state index in [1.54, 1.807) is 30.3 Å². The lowest BCUT2D eigenvalue weighted by Gasteiger charge is -2.09. The zero-order valence-corrected chi connectivity index (χ0v) is 18.4. The van der Waals surface area contributed by atoms with Crippen molar-refractivity contribution in [2.45, 2.75) is 51.8 Å². The molecule has 0 saturated carbocycles. The number of unbranched alkanes of at least 4 members (excludes halogenated alkanes) is 5. The third-order valence-electron chi connectivity index (χ3n) is 4.57. The summed E-state index contributed by atoms with van der Waals surface area (Å²) in [7, 11) is 0. The monoisotopic (exact) mass is 464 g/mol. The van der Waals surface area contributed by atoms with Crippen LogP contribution in [-0.4, -0.2) is 24.9 Å². The first-order chi connectivity index (χ1) is 15.8. The lowest BCUT2D eigenvalue weighted by molar-refractivity contribution is -0.274. The summed E-state index contributed by atoms with van der Waals surface area (Å²) in [6.07, 6.45) is 4.80. The van der Waals surface area contributed by atoms with Crippen molar-refractivity contribution in [2.75, 3.05) is 6.61 Å². The summed E-state index contributed by atoms with van der Waals surface area (Å²) in [6.45, 7) is 2.56. The molecule has 0 aromatic heterocycles. The number of benzene rings is 2. The van der Waals surface area contributed by atoms with E-state index in [1.807, 2.05) is 0 Å². The highest BCUT2D eigenvalue weighted by molar-refractivity contribution is 5.91. The van der Waals surface area contributed by atoms with E-state index in [0.717, 1.165) is 31.4 Å². The van der Waals surface area contributed by atoms with Crippen molar-refractivity contribution in [3.63, 3.8) is 0 Å². The molecule has 0 N–H and O–H groups in total. The Hall–Kier alpha value is -3.29. The Labute approximate surface area is 191 Å². The number of ether oxygens (including phenoxy) is 3. The summed E-state index contributed by atoms with van der Waals surface area (Å²) in [6, 6.07) is 10.8. The molecule has 0 fully saturated rings. The average molecular weight is 464 g/mol. The van der Waals surface area contributed by atoms with Gasteiger partial charge in [0.15, 0.2) is 0 Å². The predicted octanol–water partition coefficient (Wildman–Crippen LogP) is 6.72. The van der Waals surface area contributed by atoms with Crippen molar-refractivity contribution < 1.29 is 37.0 Å². The molecule has 0 unspecified atom stereocenters. The maximum absolute atomic E-state index is 12.2. The summed E-state index contributed by atoms with van der Waals surface area (Å²) < 4.78 is 50.7. The van der Waals surface area contributed by atoms with Crippen LogP contribution >= 0.6 is 0 Å². The van der Waals surface area contributed by atoms with Crippen molar-refractivity contribution in [2.24, 2.45) is 0 Å². The second kappa shape index (κ2) is 13.3. The lowest BCUT2D eigenvalue weighted by Crippen LogP contribution is -2.17. The van der Waals surface area contributed by atoms with E-state index < -0.39 is 24.1 Å². The van der Waals surface area contributed by atoms with E-state index in [9.17, 15) is 22.8 Å². The molecule has 0 atom stereocenters. The molecule has 0 bridgehead atoms. The van der Waals surface area contributed by atoms with Crippen LogP contribution in [-0.2, 0) is 9.53 Å². The number of rotatable bonds is 12. The van der Waals surface area contributed by atoms with Crippen LogP contribution in [0.15, 0.2) is 54.6 Å². The third-order valence-corrected chi connectivity index (χ3v) is 4.57. The molecule has 0 aliphatic carbocycles. The van der Waals surface area contributed by atoms with E-state index in [0.29, 0.717) is 12.2 Å². The van der Waals surface area contributed by atoms with Gasteiger partial charge in [0, 0.05) is 6.08 Å². The quantitative estimate of drug-likeness (QED) is 0.151. The maximum atomic E-state index is 12.2. The Morgan fingerprint density at radius 1 is 0.848 bits per heavy atom. The Balaban J connectivity index is 1.76. The van der Waals surface area contributed by atoms with E-state index >= 15 is 0 Å². The predicted molar refractivity (Wildman–Crippen MR) is 118 cm³/mol. The molecule has 0 heterocycles. The summed E-state index contributed by atoms with van der Waals surface area (Å²) in [5.41, 5.74) is 0.779. The van der Waals surface area contributed by atoms with E-state index in [-0.39, 0.29) is 11.3 Å². The summed E-state index contributed by atoms with van der Waals surface area (Å²) >= 11 is 0. The zero-order valence-electron chi connectivity index (χ0n) is 18.4. The van der Waals surface area contributed by atoms with Gasteiger partial charge in [-0.15, -0.1) is 13.2 Å². The number of alkyl halides is 3. The van der Waals surface area contributed by atoms with Crippen LogP contribution in [0.2, 0.25) is 0 Å². The number of hydrogen-bond acceptors (Lipinski definition) is 5. The lowest BCUT2D eigenvalue weighted by atomic mass is 10.1. The summed E-state index contributed by atoms with van der Waals surface area (Å²) in [4.78, 5) is 23.9. The minimum absolute atomic E-state index is 0.0709. The third kappa shape index (κ3) is 10.7. The van der Waals surface area contributed by atoms with Crippen LogP contribution in [0.1, 0.15) is 61.4 Å². The fourth-order valence-electron chi connectivity index (χ4n) is 2.87. The van der Waals surface area contributed by atoms with Gasteiger partial charge in [-0.2, -0.15) is 0 Å². The molecule has 0 spiro atoms. The number of halogens is 3. The molecule has 0 amide bonds. The second-order valence-corrected chi connectivity index (χ2v) is 7.30. The zero-order chi connectivity index (χ0) is 24.1. The van der Waals surface area contributed by atoms with E-state index in [2.05, 4.69) is 11.7 Å². The van der Waals surface area contributed by atoms with Crippen molar-refractivity contribution >= 4 is 18.0 Å². The van der Waals surface area contributed by atoms with Gasteiger partial charge in [0.1, 0.15) is 11.5 Å². The fraction of sp³-hybridized carbons (Fsp3) is 0.360. The van der Waals surface area contributed by atoms with Crippen LogP contribution in [0.3, 0.4) is 0 Å². The molecular formula is C25H27F3O5. The van der Waals surface area contributed by atoms with Crippen molar-refractivity contribution in [1.82, 2.24) is 0 Å². The molecule has 5 nitrogen and oxygen atoms in total. The molecule has 2 aromatic carbocycles. The molecule has 33 heavy (non-hydrogen) atoms. The number of carbonyl (C=O) groups excluding carboxylic acids is 2. The van der Waals surface area contributed by atoms with Gasteiger partial charge in [0.05, 0.1) is 12.2 Å². The summed E-state index contributed by atoms with van der Waals surface area (Å²) in [5, 5.41) is 0. The van der Waals surface area contributed by atoms with Gasteiger partial charge in [-0.25, -0.2) is 9.59 Å². The number of carbonyl (C=O) groups is 2. The Bertz CT molecular complexity index is 903. The second-order valence-electron chi connectivity index (χ2n) is 7.30. The highest BCUT2D eigenvalue weighted by Crippen LogP contribution is 2.23. The highest BCUT2D eigenvalue weighted by Gasteiger charge is 2.31. The topological polar surface area (TPSA) is 61.8 Å². The molecule has 178 valence electrons. The van der Waals surface area contributed by atoms with Gasteiger partial charge >= 0.3 is 18.3 Å². The average Bonchev–Trinajstić information content (AvgIpc) is 2.77. The smallest absolute Gasteiger partial charge is 0.463 e. The van der Waals surface area contributed by atoms with E-state index in [1.165, 1.54) is 37.5 Å². The standard InChI is InChI=1S/C25H27F3O5/c1-2-3-4-5-6-7-18-31-23(29)17-10-19-8-13-21(14-9-19)32-24(30)20-11-15-22(16-12-20)33-25(26,27)28/h8-17H,2-7,18H2,1H3. The first-order valence-corrected chi connectivity index (χ1v) is 10.8. The number of hydrogen-bond donors (Lipinski definition) is 0. The molecule has 0 saturated heterocycles. The highest BCUT2D eigenvalue weighted by atomic mass is 19.4.